The quantitative estimate of drug-likeness (QED) is 0.793. The molecular formula is C16H16N2O. The number of carbonyl (C=O) groups excluding carboxylic acids is 1. The maximum Gasteiger partial charge on any atom is 0.241 e. The zero-order valence-corrected chi connectivity index (χ0v) is 11.1. The van der Waals surface area contributed by atoms with Gasteiger partial charge in [-0.3, -0.25) is 4.79 Å². The maximum atomic E-state index is 12.7. The Morgan fingerprint density at radius 3 is 2.26 bits per heavy atom. The molecule has 2 N–H and O–H groups in total. The molecule has 3 rings (SSSR count). The third kappa shape index (κ3) is 1.41. The summed E-state index contributed by atoms with van der Waals surface area (Å²) in [5, 5.41) is 0. The van der Waals surface area contributed by atoms with E-state index in [1.165, 1.54) is 0 Å². The minimum atomic E-state index is -0.698. The van der Waals surface area contributed by atoms with E-state index in [-0.39, 0.29) is 5.91 Å². The van der Waals surface area contributed by atoms with Crippen LogP contribution in [0.3, 0.4) is 0 Å². The van der Waals surface area contributed by atoms with Crippen molar-refractivity contribution < 1.29 is 4.79 Å². The number of nitrogens with zero attached hydrogens (tertiary/aromatic N) is 1. The first-order chi connectivity index (χ1) is 9.06. The molecule has 2 aromatic rings. The molecule has 96 valence electrons. The van der Waals surface area contributed by atoms with Crippen LogP contribution in [0.2, 0.25) is 0 Å². The lowest BCUT2D eigenvalue weighted by atomic mass is 9.76. The molecule has 0 bridgehead atoms. The average molecular weight is 252 g/mol. The number of rotatable bonds is 1. The Balaban J connectivity index is 2.31. The molecule has 1 aliphatic heterocycles. The molecule has 1 amide bonds. The highest BCUT2D eigenvalue weighted by Crippen LogP contribution is 2.46. The van der Waals surface area contributed by atoms with Crippen molar-refractivity contribution >= 4 is 17.3 Å². The van der Waals surface area contributed by atoms with Crippen LogP contribution in [0.5, 0.6) is 0 Å². The second-order valence-electron chi connectivity index (χ2n) is 5.09. The first-order valence-corrected chi connectivity index (χ1v) is 6.29. The highest BCUT2D eigenvalue weighted by Gasteiger charge is 2.47. The number of anilines is 2. The van der Waals surface area contributed by atoms with Crippen molar-refractivity contribution in [3.63, 3.8) is 0 Å². The van der Waals surface area contributed by atoms with Gasteiger partial charge in [0, 0.05) is 18.4 Å². The van der Waals surface area contributed by atoms with Crippen LogP contribution in [0.1, 0.15) is 18.1 Å². The zero-order chi connectivity index (χ0) is 13.6. The number of para-hydroxylation sites is 2. The van der Waals surface area contributed by atoms with Crippen LogP contribution in [0.25, 0.3) is 0 Å². The molecule has 2 aromatic carbocycles. The average Bonchev–Trinajstić information content (AvgIpc) is 2.63. The summed E-state index contributed by atoms with van der Waals surface area (Å²) in [7, 11) is 1.81. The molecule has 0 aliphatic carbocycles. The summed E-state index contributed by atoms with van der Waals surface area (Å²) in [6.45, 7) is 1.95. The van der Waals surface area contributed by atoms with Gasteiger partial charge in [-0.15, -0.1) is 0 Å². The van der Waals surface area contributed by atoms with Crippen molar-refractivity contribution in [2.75, 3.05) is 17.7 Å². The van der Waals surface area contributed by atoms with Gasteiger partial charge in [0.15, 0.2) is 0 Å². The fraction of sp³-hybridized carbons (Fsp3) is 0.188. The summed E-state index contributed by atoms with van der Waals surface area (Å²) >= 11 is 0. The van der Waals surface area contributed by atoms with Crippen LogP contribution in [0.4, 0.5) is 11.4 Å². The summed E-state index contributed by atoms with van der Waals surface area (Å²) in [6.07, 6.45) is 0. The van der Waals surface area contributed by atoms with Gasteiger partial charge in [0.05, 0.1) is 0 Å². The lowest BCUT2D eigenvalue weighted by Crippen LogP contribution is -2.37. The van der Waals surface area contributed by atoms with E-state index in [0.29, 0.717) is 5.69 Å². The van der Waals surface area contributed by atoms with Crippen molar-refractivity contribution in [2.45, 2.75) is 12.3 Å². The van der Waals surface area contributed by atoms with Gasteiger partial charge in [-0.2, -0.15) is 0 Å². The van der Waals surface area contributed by atoms with Crippen LogP contribution in [-0.4, -0.2) is 13.0 Å². The van der Waals surface area contributed by atoms with Gasteiger partial charge < -0.3 is 10.6 Å². The van der Waals surface area contributed by atoms with Crippen LogP contribution >= 0.6 is 0 Å². The number of carbonyl (C=O) groups is 1. The van der Waals surface area contributed by atoms with Crippen molar-refractivity contribution in [3.05, 3.63) is 59.7 Å². The molecule has 1 aliphatic rings. The van der Waals surface area contributed by atoms with Crippen molar-refractivity contribution in [1.82, 2.24) is 0 Å². The second-order valence-corrected chi connectivity index (χ2v) is 5.09. The number of hydrogen-bond donors (Lipinski definition) is 1. The van der Waals surface area contributed by atoms with Gasteiger partial charge in [-0.25, -0.2) is 0 Å². The van der Waals surface area contributed by atoms with Gasteiger partial charge in [0.2, 0.25) is 5.91 Å². The summed E-state index contributed by atoms with van der Waals surface area (Å²) < 4.78 is 0. The lowest BCUT2D eigenvalue weighted by molar-refractivity contribution is -0.121. The molecule has 3 nitrogen and oxygen atoms in total. The van der Waals surface area contributed by atoms with E-state index in [9.17, 15) is 4.79 Å². The first kappa shape index (κ1) is 11.8. The summed E-state index contributed by atoms with van der Waals surface area (Å²) in [5.41, 5.74) is 8.88. The second kappa shape index (κ2) is 3.85. The minimum absolute atomic E-state index is 0.0617. The Morgan fingerprint density at radius 1 is 1.00 bits per heavy atom. The third-order valence-electron chi connectivity index (χ3n) is 4.04. The highest BCUT2D eigenvalue weighted by atomic mass is 16.2. The van der Waals surface area contributed by atoms with Crippen LogP contribution in [0.15, 0.2) is 48.5 Å². The lowest BCUT2D eigenvalue weighted by Gasteiger charge is -2.25. The molecule has 0 fully saturated rings. The SMILES string of the molecule is CN1C(=O)C(C)(c2ccccc2N)c2ccccc21. The molecule has 1 heterocycles. The van der Waals surface area contributed by atoms with E-state index in [4.69, 9.17) is 5.73 Å². The Hall–Kier alpha value is -2.29. The minimum Gasteiger partial charge on any atom is -0.398 e. The number of nitrogen functional groups attached to an aromatic ring is 1. The Kier molecular flexibility index (Phi) is 2.39. The number of benzene rings is 2. The van der Waals surface area contributed by atoms with Crippen LogP contribution in [0, 0.1) is 0 Å². The van der Waals surface area contributed by atoms with Crippen molar-refractivity contribution in [3.8, 4) is 0 Å². The molecule has 0 aromatic heterocycles. The van der Waals surface area contributed by atoms with Crippen molar-refractivity contribution in [2.24, 2.45) is 0 Å². The Morgan fingerprint density at radius 2 is 1.58 bits per heavy atom. The van der Waals surface area contributed by atoms with E-state index in [2.05, 4.69) is 0 Å². The normalized spacial score (nSPS) is 21.6. The number of hydrogen-bond acceptors (Lipinski definition) is 2. The standard InChI is InChI=1S/C16H16N2O/c1-16(11-7-3-5-9-13(11)17)12-8-4-6-10-14(12)18(2)15(16)19/h3-10H,17H2,1-2H3. The third-order valence-corrected chi connectivity index (χ3v) is 4.04. The molecule has 19 heavy (non-hydrogen) atoms. The van der Waals surface area contributed by atoms with E-state index in [1.54, 1.807) is 4.90 Å². The topological polar surface area (TPSA) is 46.3 Å². The summed E-state index contributed by atoms with van der Waals surface area (Å²) in [5.74, 6) is 0.0617. The van der Waals surface area contributed by atoms with Crippen LogP contribution in [-0.2, 0) is 10.2 Å². The van der Waals surface area contributed by atoms with E-state index in [0.717, 1.165) is 16.8 Å². The van der Waals surface area contributed by atoms with Gasteiger partial charge >= 0.3 is 0 Å². The molecule has 0 saturated carbocycles. The van der Waals surface area contributed by atoms with Gasteiger partial charge in [0.25, 0.3) is 0 Å². The molecule has 0 radical (unpaired) electrons. The van der Waals surface area contributed by atoms with E-state index >= 15 is 0 Å². The van der Waals surface area contributed by atoms with E-state index in [1.807, 2.05) is 62.5 Å². The fourth-order valence-electron chi connectivity index (χ4n) is 2.96. The number of fused-ring (bicyclic) bond motifs is 1. The number of amides is 1. The molecule has 1 atom stereocenters. The van der Waals surface area contributed by atoms with Gasteiger partial charge in [0.1, 0.15) is 5.41 Å². The van der Waals surface area contributed by atoms with Gasteiger partial charge in [-0.05, 0) is 30.2 Å². The monoisotopic (exact) mass is 252 g/mol. The number of nitrogens with two attached hydrogens (primary N) is 1. The zero-order valence-electron chi connectivity index (χ0n) is 11.1. The summed E-state index contributed by atoms with van der Waals surface area (Å²) in [4.78, 5) is 14.4. The van der Waals surface area contributed by atoms with E-state index < -0.39 is 5.41 Å². The number of likely N-dealkylation sites (N-methyl/N-ethyl adjacent to an activating group) is 1. The first-order valence-electron chi connectivity index (χ1n) is 6.29. The molecule has 1 unspecified atom stereocenters. The Bertz CT molecular complexity index is 665. The maximum absolute atomic E-state index is 12.7. The predicted molar refractivity (Wildman–Crippen MR) is 77.2 cm³/mol. The molecular weight excluding hydrogens is 236 g/mol. The molecule has 0 spiro atoms. The molecule has 3 heteroatoms. The molecule has 0 saturated heterocycles. The summed E-state index contributed by atoms with van der Waals surface area (Å²) in [6, 6.07) is 15.5. The van der Waals surface area contributed by atoms with Crippen LogP contribution < -0.4 is 10.6 Å². The predicted octanol–water partition coefficient (Wildman–Crippen LogP) is 2.55. The Labute approximate surface area is 112 Å². The van der Waals surface area contributed by atoms with Gasteiger partial charge in [-0.1, -0.05) is 36.4 Å². The smallest absolute Gasteiger partial charge is 0.241 e. The largest absolute Gasteiger partial charge is 0.398 e. The van der Waals surface area contributed by atoms with Crippen molar-refractivity contribution in [1.29, 1.82) is 0 Å². The highest BCUT2D eigenvalue weighted by molar-refractivity contribution is 6.10. The fourth-order valence-corrected chi connectivity index (χ4v) is 2.96.